The van der Waals surface area contributed by atoms with E-state index in [9.17, 15) is 14.9 Å². The Labute approximate surface area is 94.8 Å². The number of halogens is 1. The van der Waals surface area contributed by atoms with Crippen LogP contribution < -0.4 is 5.32 Å². The monoisotopic (exact) mass is 272 g/mol. The second-order valence-corrected chi connectivity index (χ2v) is 3.40. The fraction of sp³-hybridized carbons (Fsp3) is 0.222. The first-order valence-electron chi connectivity index (χ1n) is 4.19. The van der Waals surface area contributed by atoms with Crippen LogP contribution in [0.2, 0.25) is 0 Å². The summed E-state index contributed by atoms with van der Waals surface area (Å²) < 4.78 is 0. The van der Waals surface area contributed by atoms with E-state index in [1.165, 1.54) is 12.1 Å². The van der Waals surface area contributed by atoms with Gasteiger partial charge in [-0.1, -0.05) is 28.1 Å². The maximum atomic E-state index is 10.9. The molecule has 0 aliphatic heterocycles. The van der Waals surface area contributed by atoms with Crippen molar-refractivity contribution in [2.24, 2.45) is 0 Å². The van der Waals surface area contributed by atoms with E-state index in [1.54, 1.807) is 12.1 Å². The maximum Gasteiger partial charge on any atom is 0.269 e. The molecule has 0 aromatic heterocycles. The van der Waals surface area contributed by atoms with E-state index in [0.29, 0.717) is 12.1 Å². The van der Waals surface area contributed by atoms with Gasteiger partial charge in [0.15, 0.2) is 0 Å². The first-order valence-corrected chi connectivity index (χ1v) is 5.31. The molecular formula is C9H9BrN2O3. The fourth-order valence-corrected chi connectivity index (χ4v) is 1.23. The van der Waals surface area contributed by atoms with Gasteiger partial charge in [-0.25, -0.2) is 0 Å². The number of benzene rings is 1. The van der Waals surface area contributed by atoms with Crippen LogP contribution in [0.15, 0.2) is 24.3 Å². The van der Waals surface area contributed by atoms with Gasteiger partial charge in [0.25, 0.3) is 5.69 Å². The first-order chi connectivity index (χ1) is 7.13. The zero-order chi connectivity index (χ0) is 11.3. The van der Waals surface area contributed by atoms with Crippen molar-refractivity contribution >= 4 is 27.5 Å². The third-order valence-corrected chi connectivity index (χ3v) is 2.24. The predicted molar refractivity (Wildman–Crippen MR) is 58.7 cm³/mol. The number of non-ortho nitro benzene ring substituents is 1. The highest BCUT2D eigenvalue weighted by Gasteiger charge is 2.05. The minimum Gasteiger partial charge on any atom is -0.351 e. The maximum absolute atomic E-state index is 10.9. The number of hydrogen-bond acceptors (Lipinski definition) is 3. The normalized spacial score (nSPS) is 9.67. The van der Waals surface area contributed by atoms with Gasteiger partial charge in [0, 0.05) is 18.7 Å². The Morgan fingerprint density at radius 3 is 2.87 bits per heavy atom. The van der Waals surface area contributed by atoms with E-state index in [1.807, 2.05) is 0 Å². The largest absolute Gasteiger partial charge is 0.351 e. The van der Waals surface area contributed by atoms with Crippen molar-refractivity contribution in [2.75, 3.05) is 5.33 Å². The number of amides is 1. The van der Waals surface area contributed by atoms with Gasteiger partial charge in [-0.3, -0.25) is 14.9 Å². The lowest BCUT2D eigenvalue weighted by atomic mass is 10.2. The molecular weight excluding hydrogens is 264 g/mol. The second-order valence-electron chi connectivity index (χ2n) is 2.84. The summed E-state index contributed by atoms with van der Waals surface area (Å²) in [7, 11) is 0. The number of alkyl halides is 1. The molecule has 1 amide bonds. The van der Waals surface area contributed by atoms with Crippen molar-refractivity contribution in [3.8, 4) is 0 Å². The molecule has 15 heavy (non-hydrogen) atoms. The number of nitrogens with one attached hydrogen (secondary N) is 1. The van der Waals surface area contributed by atoms with Gasteiger partial charge in [-0.05, 0) is 5.56 Å². The number of nitro groups is 1. The van der Waals surface area contributed by atoms with Crippen LogP contribution in [0.25, 0.3) is 0 Å². The topological polar surface area (TPSA) is 72.2 Å². The van der Waals surface area contributed by atoms with Crippen LogP contribution >= 0.6 is 15.9 Å². The lowest BCUT2D eigenvalue weighted by Crippen LogP contribution is -2.23. The molecule has 0 saturated carbocycles. The number of nitrogens with zero attached hydrogens (tertiary/aromatic N) is 1. The minimum absolute atomic E-state index is 0.0283. The summed E-state index contributed by atoms with van der Waals surface area (Å²) in [5.74, 6) is -0.151. The van der Waals surface area contributed by atoms with Crippen LogP contribution in [0.5, 0.6) is 0 Å². The van der Waals surface area contributed by atoms with Gasteiger partial charge in [0.2, 0.25) is 5.91 Å². The highest BCUT2D eigenvalue weighted by Crippen LogP contribution is 2.12. The van der Waals surface area contributed by atoms with Crippen LogP contribution in [0.3, 0.4) is 0 Å². The van der Waals surface area contributed by atoms with E-state index >= 15 is 0 Å². The van der Waals surface area contributed by atoms with Gasteiger partial charge < -0.3 is 5.32 Å². The number of carbonyl (C=O) groups is 1. The van der Waals surface area contributed by atoms with Crippen molar-refractivity contribution in [1.29, 1.82) is 0 Å². The molecule has 0 fully saturated rings. The van der Waals surface area contributed by atoms with Gasteiger partial charge in [0.1, 0.15) is 0 Å². The van der Waals surface area contributed by atoms with Crippen LogP contribution in [-0.2, 0) is 11.3 Å². The predicted octanol–water partition coefficient (Wildman–Crippen LogP) is 1.61. The SMILES string of the molecule is O=C(CBr)NCc1cccc([N+](=O)[O-])c1. The summed E-state index contributed by atoms with van der Waals surface area (Å²) in [6.45, 7) is 0.298. The Kier molecular flexibility index (Phi) is 4.23. The second kappa shape index (κ2) is 5.45. The molecule has 6 heteroatoms. The van der Waals surface area contributed by atoms with Crippen molar-refractivity contribution in [1.82, 2.24) is 5.32 Å². The Hall–Kier alpha value is -1.43. The third-order valence-electron chi connectivity index (χ3n) is 1.73. The molecule has 0 aliphatic rings. The Balaban J connectivity index is 2.66. The summed E-state index contributed by atoms with van der Waals surface area (Å²) >= 11 is 3.01. The molecule has 80 valence electrons. The molecule has 1 N–H and O–H groups in total. The molecule has 0 spiro atoms. The van der Waals surface area contributed by atoms with E-state index in [0.717, 1.165) is 0 Å². The Morgan fingerprint density at radius 1 is 1.53 bits per heavy atom. The number of nitro benzene ring substituents is 1. The number of carbonyl (C=O) groups excluding carboxylic acids is 1. The highest BCUT2D eigenvalue weighted by atomic mass is 79.9. The van der Waals surface area contributed by atoms with Gasteiger partial charge in [-0.2, -0.15) is 0 Å². The Bertz CT molecular complexity index is 381. The quantitative estimate of drug-likeness (QED) is 0.514. The lowest BCUT2D eigenvalue weighted by Gasteiger charge is -2.02. The number of rotatable bonds is 4. The summed E-state index contributed by atoms with van der Waals surface area (Å²) in [4.78, 5) is 20.9. The van der Waals surface area contributed by atoms with Gasteiger partial charge >= 0.3 is 0 Å². The van der Waals surface area contributed by atoms with E-state index in [-0.39, 0.29) is 16.9 Å². The summed E-state index contributed by atoms with van der Waals surface area (Å²) in [6, 6.07) is 6.17. The molecule has 1 aromatic rings. The molecule has 0 saturated heterocycles. The lowest BCUT2D eigenvalue weighted by molar-refractivity contribution is -0.384. The molecule has 1 rings (SSSR count). The average molecular weight is 273 g/mol. The van der Waals surface area contributed by atoms with Crippen molar-refractivity contribution < 1.29 is 9.72 Å². The van der Waals surface area contributed by atoms with Crippen LogP contribution in [0, 0.1) is 10.1 Å². The van der Waals surface area contributed by atoms with E-state index in [2.05, 4.69) is 21.2 Å². The molecule has 5 nitrogen and oxygen atoms in total. The standard InChI is InChI=1S/C9H9BrN2O3/c10-5-9(13)11-6-7-2-1-3-8(4-7)12(14)15/h1-4H,5-6H2,(H,11,13). The minimum atomic E-state index is -0.462. The van der Waals surface area contributed by atoms with E-state index < -0.39 is 4.92 Å². The molecule has 0 bridgehead atoms. The zero-order valence-corrected chi connectivity index (χ0v) is 9.36. The Morgan fingerprint density at radius 2 is 2.27 bits per heavy atom. The van der Waals surface area contributed by atoms with Crippen LogP contribution in [0.4, 0.5) is 5.69 Å². The molecule has 0 heterocycles. The smallest absolute Gasteiger partial charge is 0.269 e. The molecule has 0 aliphatic carbocycles. The third kappa shape index (κ3) is 3.67. The molecule has 1 aromatic carbocycles. The van der Waals surface area contributed by atoms with Crippen molar-refractivity contribution in [2.45, 2.75) is 6.54 Å². The van der Waals surface area contributed by atoms with Gasteiger partial charge in [-0.15, -0.1) is 0 Å². The molecule has 0 atom stereocenters. The van der Waals surface area contributed by atoms with Crippen molar-refractivity contribution in [3.63, 3.8) is 0 Å². The zero-order valence-electron chi connectivity index (χ0n) is 7.77. The molecule has 0 radical (unpaired) electrons. The van der Waals surface area contributed by atoms with Crippen LogP contribution in [0.1, 0.15) is 5.56 Å². The fourth-order valence-electron chi connectivity index (χ4n) is 1.03. The van der Waals surface area contributed by atoms with Crippen molar-refractivity contribution in [3.05, 3.63) is 39.9 Å². The average Bonchev–Trinajstić information content (AvgIpc) is 2.26. The van der Waals surface area contributed by atoms with Gasteiger partial charge in [0.05, 0.1) is 10.3 Å². The van der Waals surface area contributed by atoms with E-state index in [4.69, 9.17) is 0 Å². The van der Waals surface area contributed by atoms with Crippen LogP contribution in [-0.4, -0.2) is 16.2 Å². The number of hydrogen-bond donors (Lipinski definition) is 1. The molecule has 0 unspecified atom stereocenters. The summed E-state index contributed by atoms with van der Waals surface area (Å²) in [5.41, 5.74) is 0.735. The highest BCUT2D eigenvalue weighted by molar-refractivity contribution is 9.09. The summed E-state index contributed by atoms with van der Waals surface area (Å²) in [6.07, 6.45) is 0. The summed E-state index contributed by atoms with van der Waals surface area (Å²) in [5, 5.41) is 13.3. The first kappa shape index (κ1) is 11.6.